The molecule has 1 amide bonds. The van der Waals surface area contributed by atoms with Crippen molar-refractivity contribution >= 4 is 11.6 Å². The number of hydrogen-bond acceptors (Lipinski definition) is 2. The van der Waals surface area contributed by atoms with Crippen molar-refractivity contribution in [3.8, 4) is 0 Å². The summed E-state index contributed by atoms with van der Waals surface area (Å²) in [5, 5.41) is 6.67. The van der Waals surface area contributed by atoms with Crippen LogP contribution in [0.25, 0.3) is 0 Å². The Labute approximate surface area is 159 Å². The molecule has 4 rings (SSSR count). The van der Waals surface area contributed by atoms with Crippen LogP contribution in [-0.2, 0) is 0 Å². The number of carbonyl (C=O) groups is 1. The lowest BCUT2D eigenvalue weighted by Gasteiger charge is -2.37. The molecule has 0 fully saturated rings. The van der Waals surface area contributed by atoms with Crippen LogP contribution < -0.4 is 10.6 Å². The van der Waals surface area contributed by atoms with Crippen molar-refractivity contribution in [3.05, 3.63) is 77.1 Å². The van der Waals surface area contributed by atoms with Crippen LogP contribution in [0.2, 0.25) is 0 Å². The molecular weight excluding hydrogens is 339 g/mol. The fourth-order valence-electron chi connectivity index (χ4n) is 4.14. The van der Waals surface area contributed by atoms with Gasteiger partial charge in [-0.2, -0.15) is 0 Å². The van der Waals surface area contributed by atoms with Gasteiger partial charge in [-0.25, -0.2) is 4.39 Å². The molecule has 27 heavy (non-hydrogen) atoms. The number of fused-ring (bicyclic) bond motifs is 3. The van der Waals surface area contributed by atoms with E-state index in [1.807, 2.05) is 37.3 Å². The first-order valence-corrected chi connectivity index (χ1v) is 9.70. The summed E-state index contributed by atoms with van der Waals surface area (Å²) in [7, 11) is 0. The molecule has 0 bridgehead atoms. The van der Waals surface area contributed by atoms with Crippen molar-refractivity contribution in [3.63, 3.8) is 0 Å². The first kappa shape index (κ1) is 17.8. The maximum Gasteiger partial charge on any atom is 0.251 e. The van der Waals surface area contributed by atoms with Gasteiger partial charge in [0, 0.05) is 23.2 Å². The smallest absolute Gasteiger partial charge is 0.251 e. The second-order valence-electron chi connectivity index (χ2n) is 7.61. The second-order valence-corrected chi connectivity index (χ2v) is 7.61. The van der Waals surface area contributed by atoms with Gasteiger partial charge < -0.3 is 10.6 Å². The summed E-state index contributed by atoms with van der Waals surface area (Å²) in [5.74, 6) is 0.405. The van der Waals surface area contributed by atoms with Crippen molar-refractivity contribution in [1.29, 1.82) is 0 Å². The molecule has 1 aliphatic heterocycles. The summed E-state index contributed by atoms with van der Waals surface area (Å²) in [6, 6.07) is 13.0. The van der Waals surface area contributed by atoms with Gasteiger partial charge in [0.05, 0.1) is 6.04 Å². The van der Waals surface area contributed by atoms with Crippen LogP contribution in [0.5, 0.6) is 0 Å². The third kappa shape index (κ3) is 3.36. The van der Waals surface area contributed by atoms with Gasteiger partial charge in [-0.05, 0) is 67.1 Å². The highest BCUT2D eigenvalue weighted by Gasteiger charge is 2.38. The Morgan fingerprint density at radius 1 is 1.26 bits per heavy atom. The van der Waals surface area contributed by atoms with Gasteiger partial charge in [0.25, 0.3) is 5.91 Å². The van der Waals surface area contributed by atoms with E-state index >= 15 is 0 Å². The van der Waals surface area contributed by atoms with Crippen LogP contribution in [0, 0.1) is 11.7 Å². The molecule has 0 radical (unpaired) electrons. The van der Waals surface area contributed by atoms with Crippen LogP contribution in [0.3, 0.4) is 0 Å². The van der Waals surface area contributed by atoms with Gasteiger partial charge >= 0.3 is 0 Å². The van der Waals surface area contributed by atoms with Gasteiger partial charge in [0.1, 0.15) is 5.82 Å². The quantitative estimate of drug-likeness (QED) is 0.734. The Morgan fingerprint density at radius 3 is 2.78 bits per heavy atom. The van der Waals surface area contributed by atoms with Gasteiger partial charge in [0.15, 0.2) is 0 Å². The van der Waals surface area contributed by atoms with Crippen LogP contribution in [-0.4, -0.2) is 11.9 Å². The summed E-state index contributed by atoms with van der Waals surface area (Å²) in [4.78, 5) is 12.5. The molecule has 1 heterocycles. The number of halogens is 1. The molecule has 2 aliphatic rings. The number of hydrogen-bond donors (Lipinski definition) is 2. The molecule has 0 saturated heterocycles. The lowest BCUT2D eigenvalue weighted by molar-refractivity contribution is 0.0939. The highest BCUT2D eigenvalue weighted by molar-refractivity contribution is 5.95. The molecule has 140 valence electrons. The van der Waals surface area contributed by atoms with Crippen LogP contribution >= 0.6 is 0 Å². The number of anilines is 1. The minimum atomic E-state index is -0.215. The molecule has 2 N–H and O–H groups in total. The second kappa shape index (κ2) is 7.18. The average Bonchev–Trinajstić information content (AvgIpc) is 3.17. The van der Waals surface area contributed by atoms with Gasteiger partial charge in [-0.15, -0.1) is 0 Å². The summed E-state index contributed by atoms with van der Waals surface area (Å²) in [6.45, 7) is 4.08. The molecule has 0 saturated carbocycles. The van der Waals surface area contributed by atoms with Crippen LogP contribution in [0.15, 0.2) is 54.6 Å². The third-order valence-corrected chi connectivity index (χ3v) is 5.84. The van der Waals surface area contributed by atoms with E-state index in [0.717, 1.165) is 24.1 Å². The first-order chi connectivity index (χ1) is 13.1. The molecule has 2 aromatic rings. The monoisotopic (exact) mass is 364 g/mol. The number of rotatable bonds is 4. The van der Waals surface area contributed by atoms with E-state index < -0.39 is 0 Å². The summed E-state index contributed by atoms with van der Waals surface area (Å²) < 4.78 is 13.3. The fraction of sp³-hybridized carbons (Fsp3) is 0.348. The van der Waals surface area contributed by atoms with Gasteiger partial charge in [-0.1, -0.05) is 31.2 Å². The van der Waals surface area contributed by atoms with Crippen molar-refractivity contribution in [2.24, 2.45) is 5.92 Å². The summed E-state index contributed by atoms with van der Waals surface area (Å²) >= 11 is 0. The van der Waals surface area contributed by atoms with E-state index in [1.54, 1.807) is 0 Å². The van der Waals surface area contributed by atoms with Crippen molar-refractivity contribution in [2.75, 3.05) is 5.32 Å². The Bertz CT molecular complexity index is 874. The Kier molecular flexibility index (Phi) is 4.73. The zero-order valence-corrected chi connectivity index (χ0v) is 15.7. The van der Waals surface area contributed by atoms with Gasteiger partial charge in [0.2, 0.25) is 0 Å². The SMILES string of the molecule is CCC(C)NC(=O)c1ccc2c(c1)C1C=CCC1C(c1ccc(F)cc1)N2. The third-order valence-electron chi connectivity index (χ3n) is 5.84. The van der Waals surface area contributed by atoms with E-state index in [0.29, 0.717) is 11.5 Å². The Balaban J connectivity index is 1.65. The maximum atomic E-state index is 13.3. The fourth-order valence-corrected chi connectivity index (χ4v) is 4.14. The van der Waals surface area contributed by atoms with E-state index in [2.05, 4.69) is 29.7 Å². The highest BCUT2D eigenvalue weighted by Crippen LogP contribution is 2.49. The average molecular weight is 364 g/mol. The molecule has 2 aromatic carbocycles. The predicted molar refractivity (Wildman–Crippen MR) is 106 cm³/mol. The number of amides is 1. The van der Waals surface area contributed by atoms with E-state index in [-0.39, 0.29) is 29.7 Å². The first-order valence-electron chi connectivity index (χ1n) is 9.70. The number of carbonyl (C=O) groups excluding carboxylic acids is 1. The molecule has 4 atom stereocenters. The van der Waals surface area contributed by atoms with E-state index in [9.17, 15) is 9.18 Å². The molecule has 0 aromatic heterocycles. The van der Waals surface area contributed by atoms with Crippen LogP contribution in [0.1, 0.15) is 60.1 Å². The number of nitrogens with one attached hydrogen (secondary N) is 2. The van der Waals surface area contributed by atoms with Crippen molar-refractivity contribution in [2.45, 2.75) is 44.7 Å². The number of benzene rings is 2. The number of allylic oxidation sites excluding steroid dienone is 2. The lowest BCUT2D eigenvalue weighted by Crippen LogP contribution is -2.33. The molecule has 0 spiro atoms. The molecule has 3 nitrogen and oxygen atoms in total. The molecule has 4 heteroatoms. The minimum absolute atomic E-state index is 0.0219. The van der Waals surface area contributed by atoms with Gasteiger partial charge in [-0.3, -0.25) is 4.79 Å². The zero-order chi connectivity index (χ0) is 19.0. The van der Waals surface area contributed by atoms with Crippen molar-refractivity contribution < 1.29 is 9.18 Å². The molecule has 4 unspecified atom stereocenters. The largest absolute Gasteiger partial charge is 0.378 e. The topological polar surface area (TPSA) is 41.1 Å². The maximum absolute atomic E-state index is 13.3. The minimum Gasteiger partial charge on any atom is -0.378 e. The summed E-state index contributed by atoms with van der Waals surface area (Å²) in [5.41, 5.74) is 4.02. The summed E-state index contributed by atoms with van der Waals surface area (Å²) in [6.07, 6.45) is 6.35. The Morgan fingerprint density at radius 2 is 2.04 bits per heavy atom. The van der Waals surface area contributed by atoms with E-state index in [1.165, 1.54) is 17.7 Å². The molecular formula is C23H25FN2O. The van der Waals surface area contributed by atoms with Crippen LogP contribution in [0.4, 0.5) is 10.1 Å². The standard InChI is InChI=1S/C23H25FN2O/c1-3-14(2)25-23(27)16-9-12-21-20(13-16)18-5-4-6-19(18)22(26-21)15-7-10-17(24)11-8-15/h4-5,7-14,18-19,22,26H,3,6H2,1-2H3,(H,25,27). The zero-order valence-electron chi connectivity index (χ0n) is 15.7. The predicted octanol–water partition coefficient (Wildman–Crippen LogP) is 5.18. The Hall–Kier alpha value is -2.62. The van der Waals surface area contributed by atoms with E-state index in [4.69, 9.17) is 0 Å². The molecule has 1 aliphatic carbocycles. The lowest BCUT2D eigenvalue weighted by atomic mass is 9.76. The van der Waals surface area contributed by atoms with Crippen molar-refractivity contribution in [1.82, 2.24) is 5.32 Å². The normalized spacial score (nSPS) is 23.9. The highest BCUT2D eigenvalue weighted by atomic mass is 19.1.